The molecule has 0 aliphatic carbocycles. The molecule has 36 heavy (non-hydrogen) atoms. The second-order valence-electron chi connectivity index (χ2n) is 9.42. The molecule has 4 rings (SSSR count). The molecule has 1 N–H and O–H groups in total. The number of hydrogen-bond donors (Lipinski definition) is 1. The van der Waals surface area contributed by atoms with Crippen molar-refractivity contribution in [2.75, 3.05) is 20.8 Å². The minimum atomic E-state index is -1.38. The average Bonchev–Trinajstić information content (AvgIpc) is 3.37. The Hall–Kier alpha value is -2.84. The fourth-order valence-corrected chi connectivity index (χ4v) is 6.46. The van der Waals surface area contributed by atoms with Gasteiger partial charge in [0.25, 0.3) is 0 Å². The molecule has 2 aliphatic rings. The molecule has 2 saturated heterocycles. The third-order valence-electron chi connectivity index (χ3n) is 7.39. The molecule has 0 aromatic heterocycles. The summed E-state index contributed by atoms with van der Waals surface area (Å²) in [5.74, 6) is -2.03. The van der Waals surface area contributed by atoms with Crippen LogP contribution in [-0.4, -0.2) is 54.2 Å². The summed E-state index contributed by atoms with van der Waals surface area (Å²) < 4.78 is 11.0. The maximum absolute atomic E-state index is 13.6. The van der Waals surface area contributed by atoms with Crippen LogP contribution in [0.15, 0.2) is 53.4 Å². The maximum Gasteiger partial charge on any atom is 0.327 e. The number of fused-ring (bicyclic) bond motifs is 1. The van der Waals surface area contributed by atoms with Gasteiger partial charge in [0.15, 0.2) is 0 Å². The Bertz CT molecular complexity index is 1140. The lowest BCUT2D eigenvalue weighted by Gasteiger charge is -2.32. The smallest absolute Gasteiger partial charge is 0.327 e. The number of esters is 1. The molecule has 0 radical (unpaired) electrons. The monoisotopic (exact) mass is 510 g/mol. The van der Waals surface area contributed by atoms with E-state index in [1.54, 1.807) is 25.8 Å². The van der Waals surface area contributed by atoms with Crippen LogP contribution in [0.1, 0.15) is 44.4 Å². The van der Waals surface area contributed by atoms with Crippen LogP contribution < -0.4 is 10.1 Å². The van der Waals surface area contributed by atoms with E-state index in [1.165, 1.54) is 12.0 Å². The Balaban J connectivity index is 1.82. The number of hydrogen-bond acceptors (Lipinski definition) is 7. The highest BCUT2D eigenvalue weighted by molar-refractivity contribution is 8.00. The third-order valence-corrected chi connectivity index (χ3v) is 8.71. The number of carbonyl (C=O) groups excluding carboxylic acids is 3. The van der Waals surface area contributed by atoms with E-state index in [1.807, 2.05) is 48.5 Å². The summed E-state index contributed by atoms with van der Waals surface area (Å²) in [6.07, 6.45) is 1.25. The van der Waals surface area contributed by atoms with Crippen LogP contribution >= 0.6 is 11.8 Å². The number of nitrogens with zero attached hydrogens (tertiary/aromatic N) is 1. The molecule has 2 fully saturated rings. The number of likely N-dealkylation sites (tertiary alicyclic amines) is 1. The Labute approximate surface area is 216 Å². The first-order valence-electron chi connectivity index (χ1n) is 12.4. The van der Waals surface area contributed by atoms with Crippen LogP contribution in [0.4, 0.5) is 0 Å². The number of imide groups is 1. The van der Waals surface area contributed by atoms with Gasteiger partial charge in [-0.2, -0.15) is 0 Å². The van der Waals surface area contributed by atoms with Crippen molar-refractivity contribution in [2.45, 2.75) is 55.3 Å². The van der Waals surface area contributed by atoms with Gasteiger partial charge >= 0.3 is 5.97 Å². The zero-order valence-corrected chi connectivity index (χ0v) is 22.3. The van der Waals surface area contributed by atoms with Crippen molar-refractivity contribution in [1.82, 2.24) is 10.2 Å². The SMILES string of the molecule is CCC(C)Sc1ccc(C2N[C@@](Cc3ccccc3)(C(=O)OC)C3C(=O)N(CC)C(=O)C23)cc1OC. The zero-order valence-electron chi connectivity index (χ0n) is 21.4. The van der Waals surface area contributed by atoms with E-state index in [4.69, 9.17) is 9.47 Å². The largest absolute Gasteiger partial charge is 0.496 e. The normalized spacial score (nSPS) is 26.1. The minimum Gasteiger partial charge on any atom is -0.496 e. The molecule has 192 valence electrons. The highest BCUT2D eigenvalue weighted by Gasteiger charge is 2.68. The lowest BCUT2D eigenvalue weighted by molar-refractivity contribution is -0.154. The fraction of sp³-hybridized carbons (Fsp3) is 0.464. The van der Waals surface area contributed by atoms with E-state index in [-0.39, 0.29) is 24.8 Å². The number of nitrogens with one attached hydrogen (secondary N) is 1. The van der Waals surface area contributed by atoms with Gasteiger partial charge in [0, 0.05) is 29.2 Å². The lowest BCUT2D eigenvalue weighted by Crippen LogP contribution is -2.57. The van der Waals surface area contributed by atoms with Crippen molar-refractivity contribution in [3.63, 3.8) is 0 Å². The molecule has 2 heterocycles. The number of methoxy groups -OCH3 is 2. The molecule has 0 spiro atoms. The molecule has 2 amide bonds. The van der Waals surface area contributed by atoms with Gasteiger partial charge in [0.1, 0.15) is 11.3 Å². The first kappa shape index (κ1) is 26.2. The quantitative estimate of drug-likeness (QED) is 0.310. The number of benzene rings is 2. The molecular formula is C28H34N2O5S. The molecule has 7 nitrogen and oxygen atoms in total. The summed E-state index contributed by atoms with van der Waals surface area (Å²) in [5.41, 5.74) is 0.301. The van der Waals surface area contributed by atoms with Crippen molar-refractivity contribution in [3.8, 4) is 5.75 Å². The van der Waals surface area contributed by atoms with Crippen molar-refractivity contribution in [3.05, 3.63) is 59.7 Å². The summed E-state index contributed by atoms with van der Waals surface area (Å²) in [6.45, 7) is 6.34. The predicted octanol–water partition coefficient (Wildman–Crippen LogP) is 4.01. The second kappa shape index (κ2) is 10.6. The van der Waals surface area contributed by atoms with E-state index >= 15 is 0 Å². The van der Waals surface area contributed by atoms with Crippen LogP contribution in [0.3, 0.4) is 0 Å². The van der Waals surface area contributed by atoms with E-state index in [2.05, 4.69) is 19.2 Å². The van der Waals surface area contributed by atoms with Gasteiger partial charge in [-0.15, -0.1) is 11.8 Å². The molecule has 4 unspecified atom stereocenters. The van der Waals surface area contributed by atoms with E-state index < -0.39 is 29.4 Å². The minimum absolute atomic E-state index is 0.230. The summed E-state index contributed by atoms with van der Waals surface area (Å²) in [6, 6.07) is 14.8. The van der Waals surface area contributed by atoms with Crippen LogP contribution in [0, 0.1) is 11.8 Å². The number of carbonyl (C=O) groups is 3. The number of amides is 2. The number of thioether (sulfide) groups is 1. The Morgan fingerprint density at radius 3 is 2.44 bits per heavy atom. The second-order valence-corrected chi connectivity index (χ2v) is 10.9. The highest BCUT2D eigenvalue weighted by Crippen LogP contribution is 2.51. The topological polar surface area (TPSA) is 84.9 Å². The maximum atomic E-state index is 13.6. The van der Waals surface area contributed by atoms with Gasteiger partial charge in [-0.3, -0.25) is 24.6 Å². The van der Waals surface area contributed by atoms with Crippen LogP contribution in [0.25, 0.3) is 0 Å². The van der Waals surface area contributed by atoms with Gasteiger partial charge < -0.3 is 9.47 Å². The zero-order chi connectivity index (χ0) is 26.0. The van der Waals surface area contributed by atoms with Gasteiger partial charge in [-0.05, 0) is 36.6 Å². The Morgan fingerprint density at radius 1 is 1.11 bits per heavy atom. The standard InChI is InChI=1S/C28H34N2O5S/c1-6-17(3)36-21-14-13-19(15-20(21)34-4)24-22-23(26(32)30(7-2)25(22)31)28(29-24,27(33)35-5)16-18-11-9-8-10-12-18/h8-15,17,22-24,29H,6-7,16H2,1-5H3/t17?,22?,23?,24?,28-/m1/s1. The van der Waals surface area contributed by atoms with E-state index in [0.29, 0.717) is 11.0 Å². The summed E-state index contributed by atoms with van der Waals surface area (Å²) >= 11 is 1.73. The summed E-state index contributed by atoms with van der Waals surface area (Å²) in [4.78, 5) is 42.9. The molecule has 2 aromatic carbocycles. The van der Waals surface area contributed by atoms with Gasteiger partial charge in [0.2, 0.25) is 11.8 Å². The first-order chi connectivity index (χ1) is 17.3. The van der Waals surface area contributed by atoms with Gasteiger partial charge in [-0.25, -0.2) is 0 Å². The fourth-order valence-electron chi connectivity index (χ4n) is 5.46. The number of rotatable bonds is 9. The summed E-state index contributed by atoms with van der Waals surface area (Å²) in [5, 5.41) is 3.87. The Morgan fingerprint density at radius 2 is 1.83 bits per heavy atom. The lowest BCUT2D eigenvalue weighted by atomic mass is 9.76. The Kier molecular flexibility index (Phi) is 7.76. The molecule has 5 atom stereocenters. The third kappa shape index (κ3) is 4.41. The molecule has 2 aromatic rings. The number of ether oxygens (including phenoxy) is 2. The highest BCUT2D eigenvalue weighted by atomic mass is 32.2. The van der Waals surface area contributed by atoms with Crippen molar-refractivity contribution < 1.29 is 23.9 Å². The molecule has 8 heteroatoms. The molecule has 2 aliphatic heterocycles. The van der Waals surface area contributed by atoms with Gasteiger partial charge in [-0.1, -0.05) is 50.2 Å². The van der Waals surface area contributed by atoms with Crippen LogP contribution in [-0.2, 0) is 25.5 Å². The molecule has 0 bridgehead atoms. The van der Waals surface area contributed by atoms with Crippen LogP contribution in [0.5, 0.6) is 5.75 Å². The predicted molar refractivity (Wildman–Crippen MR) is 139 cm³/mol. The average molecular weight is 511 g/mol. The van der Waals surface area contributed by atoms with Gasteiger partial charge in [0.05, 0.1) is 26.1 Å². The molecule has 0 saturated carbocycles. The van der Waals surface area contributed by atoms with E-state index in [9.17, 15) is 14.4 Å². The van der Waals surface area contributed by atoms with E-state index in [0.717, 1.165) is 22.4 Å². The molecular weight excluding hydrogens is 476 g/mol. The first-order valence-corrected chi connectivity index (χ1v) is 13.3. The van der Waals surface area contributed by atoms with Crippen molar-refractivity contribution in [2.24, 2.45) is 11.8 Å². The summed E-state index contributed by atoms with van der Waals surface area (Å²) in [7, 11) is 2.95. The van der Waals surface area contributed by atoms with Crippen LogP contribution in [0.2, 0.25) is 0 Å². The van der Waals surface area contributed by atoms with Crippen molar-refractivity contribution >= 4 is 29.5 Å². The van der Waals surface area contributed by atoms with Crippen molar-refractivity contribution in [1.29, 1.82) is 0 Å².